The first kappa shape index (κ1) is 11.5. The summed E-state index contributed by atoms with van der Waals surface area (Å²) in [6, 6.07) is 9.65. The van der Waals surface area contributed by atoms with E-state index in [1.807, 2.05) is 24.3 Å². The second kappa shape index (κ2) is 4.96. The molecular formula is C13H13N3OS. The average Bonchev–Trinajstić information content (AvgIpc) is 2.43. The van der Waals surface area contributed by atoms with Crippen LogP contribution in [0.4, 0.5) is 0 Å². The molecule has 1 aromatic heterocycles. The molecule has 2 heterocycles. The lowest BCUT2D eigenvalue weighted by molar-refractivity contribution is 0.276. The first-order valence-electron chi connectivity index (χ1n) is 5.75. The molecule has 1 aliphatic heterocycles. The molecule has 18 heavy (non-hydrogen) atoms. The van der Waals surface area contributed by atoms with E-state index < -0.39 is 0 Å². The Hall–Kier alpha value is -1.59. The van der Waals surface area contributed by atoms with Gasteiger partial charge >= 0.3 is 0 Å². The third-order valence-corrected chi connectivity index (χ3v) is 4.03. The zero-order valence-electron chi connectivity index (χ0n) is 9.69. The quantitative estimate of drug-likeness (QED) is 0.836. The van der Waals surface area contributed by atoms with Crippen molar-refractivity contribution < 1.29 is 4.74 Å². The number of thioether (sulfide) groups is 1. The minimum absolute atomic E-state index is 0.0521. The van der Waals surface area contributed by atoms with E-state index in [0.29, 0.717) is 6.61 Å². The SMILES string of the molecule is NC1c2ccccc2OCC1Sc1ncccn1. The Morgan fingerprint density at radius 3 is 2.78 bits per heavy atom. The molecule has 0 bridgehead atoms. The summed E-state index contributed by atoms with van der Waals surface area (Å²) in [6.07, 6.45) is 3.47. The highest BCUT2D eigenvalue weighted by molar-refractivity contribution is 7.99. The standard InChI is InChI=1S/C13H13N3OS/c14-12-9-4-1-2-5-10(9)17-8-11(12)18-13-15-6-3-7-16-13/h1-7,11-12H,8,14H2. The molecule has 2 N–H and O–H groups in total. The molecule has 0 spiro atoms. The molecule has 5 heteroatoms. The summed E-state index contributed by atoms with van der Waals surface area (Å²) in [4.78, 5) is 8.41. The number of rotatable bonds is 2. The molecule has 0 amide bonds. The van der Waals surface area contributed by atoms with Gasteiger partial charge in [-0.2, -0.15) is 0 Å². The van der Waals surface area contributed by atoms with E-state index in [1.165, 1.54) is 0 Å². The van der Waals surface area contributed by atoms with Gasteiger partial charge in [-0.15, -0.1) is 0 Å². The van der Waals surface area contributed by atoms with Crippen molar-refractivity contribution in [3.05, 3.63) is 48.3 Å². The van der Waals surface area contributed by atoms with Gasteiger partial charge in [-0.3, -0.25) is 0 Å². The molecule has 1 aliphatic rings. The van der Waals surface area contributed by atoms with Crippen molar-refractivity contribution in [1.82, 2.24) is 9.97 Å². The predicted octanol–water partition coefficient (Wildman–Crippen LogP) is 2.03. The van der Waals surface area contributed by atoms with Crippen molar-refractivity contribution in [1.29, 1.82) is 0 Å². The van der Waals surface area contributed by atoms with Gasteiger partial charge in [0.25, 0.3) is 0 Å². The minimum atomic E-state index is -0.0521. The summed E-state index contributed by atoms with van der Waals surface area (Å²) in [5.74, 6) is 0.885. The van der Waals surface area contributed by atoms with Crippen LogP contribution in [-0.4, -0.2) is 21.8 Å². The number of nitrogens with zero attached hydrogens (tertiary/aromatic N) is 2. The van der Waals surface area contributed by atoms with Crippen molar-refractivity contribution in [2.75, 3.05) is 6.61 Å². The van der Waals surface area contributed by atoms with Crippen molar-refractivity contribution in [3.8, 4) is 5.75 Å². The predicted molar refractivity (Wildman–Crippen MR) is 70.5 cm³/mol. The topological polar surface area (TPSA) is 61.0 Å². The number of fused-ring (bicyclic) bond motifs is 1. The van der Waals surface area contributed by atoms with Crippen LogP contribution < -0.4 is 10.5 Å². The van der Waals surface area contributed by atoms with E-state index in [1.54, 1.807) is 30.2 Å². The van der Waals surface area contributed by atoms with E-state index in [4.69, 9.17) is 10.5 Å². The lowest BCUT2D eigenvalue weighted by Gasteiger charge is -2.30. The van der Waals surface area contributed by atoms with Gasteiger partial charge in [0.05, 0.1) is 5.25 Å². The van der Waals surface area contributed by atoms with Crippen LogP contribution in [0.25, 0.3) is 0 Å². The Bertz CT molecular complexity index is 535. The van der Waals surface area contributed by atoms with E-state index in [9.17, 15) is 0 Å². The normalized spacial score (nSPS) is 22.1. The van der Waals surface area contributed by atoms with Crippen LogP contribution in [-0.2, 0) is 0 Å². The summed E-state index contributed by atoms with van der Waals surface area (Å²) in [5, 5.41) is 0.878. The maximum Gasteiger partial charge on any atom is 0.187 e. The van der Waals surface area contributed by atoms with Crippen molar-refractivity contribution in [2.45, 2.75) is 16.4 Å². The Kier molecular flexibility index (Phi) is 3.17. The van der Waals surface area contributed by atoms with Crippen molar-refractivity contribution >= 4 is 11.8 Å². The zero-order chi connectivity index (χ0) is 12.4. The van der Waals surface area contributed by atoms with Gasteiger partial charge < -0.3 is 10.5 Å². The lowest BCUT2D eigenvalue weighted by atomic mass is 10.0. The monoisotopic (exact) mass is 259 g/mol. The summed E-state index contributed by atoms with van der Waals surface area (Å²) < 4.78 is 5.72. The minimum Gasteiger partial charge on any atom is -0.492 e. The van der Waals surface area contributed by atoms with Gasteiger partial charge in [-0.1, -0.05) is 30.0 Å². The largest absolute Gasteiger partial charge is 0.492 e. The molecule has 2 unspecified atom stereocenters. The molecule has 0 fully saturated rings. The van der Waals surface area contributed by atoms with Gasteiger partial charge in [-0.25, -0.2) is 9.97 Å². The molecule has 3 rings (SSSR count). The highest BCUT2D eigenvalue weighted by Crippen LogP contribution is 2.37. The molecule has 1 aromatic carbocycles. The van der Waals surface area contributed by atoms with E-state index >= 15 is 0 Å². The van der Waals surface area contributed by atoms with Crippen LogP contribution >= 0.6 is 11.8 Å². The zero-order valence-corrected chi connectivity index (χ0v) is 10.5. The summed E-state index contributed by atoms with van der Waals surface area (Å²) in [7, 11) is 0. The third kappa shape index (κ3) is 2.19. The Balaban J connectivity index is 1.81. The highest BCUT2D eigenvalue weighted by atomic mass is 32.2. The van der Waals surface area contributed by atoms with Crippen LogP contribution in [0.1, 0.15) is 11.6 Å². The first-order chi connectivity index (χ1) is 8.84. The Morgan fingerprint density at radius 1 is 1.17 bits per heavy atom. The van der Waals surface area contributed by atoms with Gasteiger partial charge in [0.1, 0.15) is 12.4 Å². The Labute approximate surface area is 110 Å². The van der Waals surface area contributed by atoms with E-state index in [-0.39, 0.29) is 11.3 Å². The molecule has 2 aromatic rings. The smallest absolute Gasteiger partial charge is 0.187 e. The van der Waals surface area contributed by atoms with Crippen molar-refractivity contribution in [2.24, 2.45) is 5.73 Å². The molecule has 92 valence electrons. The van der Waals surface area contributed by atoms with Gasteiger partial charge in [0.15, 0.2) is 5.16 Å². The molecule has 0 radical (unpaired) electrons. The Morgan fingerprint density at radius 2 is 1.94 bits per heavy atom. The maximum atomic E-state index is 6.28. The number of aromatic nitrogens is 2. The second-order valence-electron chi connectivity index (χ2n) is 4.06. The molecule has 0 aliphatic carbocycles. The van der Waals surface area contributed by atoms with Crippen LogP contribution in [0.15, 0.2) is 47.9 Å². The van der Waals surface area contributed by atoms with E-state index in [0.717, 1.165) is 16.5 Å². The fourth-order valence-corrected chi connectivity index (χ4v) is 2.90. The molecule has 4 nitrogen and oxygen atoms in total. The van der Waals surface area contributed by atoms with Gasteiger partial charge in [0.2, 0.25) is 0 Å². The average molecular weight is 259 g/mol. The number of hydrogen-bond donors (Lipinski definition) is 1. The number of hydrogen-bond acceptors (Lipinski definition) is 5. The van der Waals surface area contributed by atoms with Crippen LogP contribution in [0, 0.1) is 0 Å². The highest BCUT2D eigenvalue weighted by Gasteiger charge is 2.29. The summed E-state index contributed by atoms with van der Waals surface area (Å²) in [5.41, 5.74) is 7.33. The van der Waals surface area contributed by atoms with E-state index in [2.05, 4.69) is 9.97 Å². The number of benzene rings is 1. The summed E-state index contributed by atoms with van der Waals surface area (Å²) in [6.45, 7) is 0.584. The van der Waals surface area contributed by atoms with Gasteiger partial charge in [-0.05, 0) is 12.1 Å². The molecule has 2 atom stereocenters. The number of ether oxygens (including phenoxy) is 1. The first-order valence-corrected chi connectivity index (χ1v) is 6.63. The second-order valence-corrected chi connectivity index (χ2v) is 5.27. The van der Waals surface area contributed by atoms with Crippen molar-refractivity contribution in [3.63, 3.8) is 0 Å². The molecule has 0 saturated heterocycles. The number of para-hydroxylation sites is 1. The summed E-state index contributed by atoms with van der Waals surface area (Å²) >= 11 is 1.56. The van der Waals surface area contributed by atoms with Crippen LogP contribution in [0.3, 0.4) is 0 Å². The molecular weight excluding hydrogens is 246 g/mol. The lowest BCUT2D eigenvalue weighted by Crippen LogP contribution is -2.33. The molecule has 0 saturated carbocycles. The van der Waals surface area contributed by atoms with Crippen LogP contribution in [0.5, 0.6) is 5.75 Å². The maximum absolute atomic E-state index is 6.28. The fourth-order valence-electron chi connectivity index (χ4n) is 1.95. The third-order valence-electron chi connectivity index (χ3n) is 2.88. The van der Waals surface area contributed by atoms with Crippen LogP contribution in [0.2, 0.25) is 0 Å². The fraction of sp³-hybridized carbons (Fsp3) is 0.231. The number of nitrogens with two attached hydrogens (primary N) is 1. The van der Waals surface area contributed by atoms with Gasteiger partial charge in [0, 0.05) is 24.0 Å².